The first-order valence-corrected chi connectivity index (χ1v) is 4.31. The van der Waals surface area contributed by atoms with Gasteiger partial charge in [-0.1, -0.05) is 0 Å². The van der Waals surface area contributed by atoms with E-state index in [0.717, 1.165) is 26.3 Å². The topological polar surface area (TPSA) is 42.5 Å². The van der Waals surface area contributed by atoms with E-state index in [1.54, 1.807) is 14.2 Å². The molecule has 72 valence electrons. The SMILES string of the molecule is COC[C@H]1CNC[C@H](COC)N1. The molecule has 0 spiro atoms. The van der Waals surface area contributed by atoms with Crippen molar-refractivity contribution in [1.82, 2.24) is 10.6 Å². The van der Waals surface area contributed by atoms with Crippen molar-refractivity contribution < 1.29 is 9.47 Å². The minimum Gasteiger partial charge on any atom is -0.383 e. The smallest absolute Gasteiger partial charge is 0.0628 e. The second-order valence-electron chi connectivity index (χ2n) is 3.13. The number of methoxy groups -OCH3 is 2. The Morgan fingerprint density at radius 1 is 1.08 bits per heavy atom. The molecule has 0 bridgehead atoms. The van der Waals surface area contributed by atoms with Crippen LogP contribution in [-0.2, 0) is 9.47 Å². The van der Waals surface area contributed by atoms with Gasteiger partial charge in [-0.05, 0) is 0 Å². The van der Waals surface area contributed by atoms with Crippen LogP contribution in [0, 0.1) is 0 Å². The number of nitrogens with one attached hydrogen (secondary N) is 2. The molecular weight excluding hydrogens is 156 g/mol. The van der Waals surface area contributed by atoms with Crippen molar-refractivity contribution in [2.45, 2.75) is 12.1 Å². The highest BCUT2D eigenvalue weighted by Gasteiger charge is 2.19. The van der Waals surface area contributed by atoms with E-state index in [9.17, 15) is 0 Å². The first-order valence-electron chi connectivity index (χ1n) is 4.31. The maximum atomic E-state index is 5.06. The molecular formula is C8H18N2O2. The minimum atomic E-state index is 0.420. The van der Waals surface area contributed by atoms with Crippen LogP contribution in [-0.4, -0.2) is 52.6 Å². The van der Waals surface area contributed by atoms with E-state index in [-0.39, 0.29) is 0 Å². The molecule has 0 aromatic carbocycles. The Kier molecular flexibility index (Phi) is 4.53. The fourth-order valence-electron chi connectivity index (χ4n) is 1.50. The van der Waals surface area contributed by atoms with Gasteiger partial charge in [-0.15, -0.1) is 0 Å². The Labute approximate surface area is 73.6 Å². The molecule has 4 nitrogen and oxygen atoms in total. The Morgan fingerprint density at radius 2 is 1.58 bits per heavy atom. The molecule has 1 fully saturated rings. The van der Waals surface area contributed by atoms with Crippen molar-refractivity contribution in [2.24, 2.45) is 0 Å². The first kappa shape index (κ1) is 9.92. The van der Waals surface area contributed by atoms with E-state index >= 15 is 0 Å². The molecule has 1 aliphatic rings. The summed E-state index contributed by atoms with van der Waals surface area (Å²) in [6.07, 6.45) is 0. The number of hydrogen-bond donors (Lipinski definition) is 2. The standard InChI is InChI=1S/C8H18N2O2/c1-11-5-7-3-9-4-8(10-7)6-12-2/h7-10H,3-6H2,1-2H3/t7-,8-/m1/s1. The zero-order chi connectivity index (χ0) is 8.81. The van der Waals surface area contributed by atoms with Gasteiger partial charge in [-0.3, -0.25) is 0 Å². The zero-order valence-corrected chi connectivity index (χ0v) is 7.80. The summed E-state index contributed by atoms with van der Waals surface area (Å²) >= 11 is 0. The van der Waals surface area contributed by atoms with E-state index in [1.807, 2.05) is 0 Å². The van der Waals surface area contributed by atoms with Gasteiger partial charge >= 0.3 is 0 Å². The van der Waals surface area contributed by atoms with Gasteiger partial charge in [-0.25, -0.2) is 0 Å². The van der Waals surface area contributed by atoms with Gasteiger partial charge in [0.05, 0.1) is 13.2 Å². The summed E-state index contributed by atoms with van der Waals surface area (Å²) in [5.41, 5.74) is 0. The molecule has 2 atom stereocenters. The van der Waals surface area contributed by atoms with Gasteiger partial charge in [0.15, 0.2) is 0 Å². The van der Waals surface area contributed by atoms with E-state index < -0.39 is 0 Å². The fourth-order valence-corrected chi connectivity index (χ4v) is 1.50. The van der Waals surface area contributed by atoms with Crippen LogP contribution in [0.5, 0.6) is 0 Å². The number of hydrogen-bond acceptors (Lipinski definition) is 4. The highest BCUT2D eigenvalue weighted by Crippen LogP contribution is 1.95. The Morgan fingerprint density at radius 3 is 2.00 bits per heavy atom. The summed E-state index contributed by atoms with van der Waals surface area (Å²) in [6.45, 7) is 3.47. The monoisotopic (exact) mass is 174 g/mol. The first-order chi connectivity index (χ1) is 5.86. The Hall–Kier alpha value is -0.160. The van der Waals surface area contributed by atoms with Crippen LogP contribution in [0.2, 0.25) is 0 Å². The lowest BCUT2D eigenvalue weighted by atomic mass is 10.2. The van der Waals surface area contributed by atoms with Gasteiger partial charge in [0, 0.05) is 39.4 Å². The molecule has 1 saturated heterocycles. The lowest BCUT2D eigenvalue weighted by Crippen LogP contribution is -2.57. The van der Waals surface area contributed by atoms with Crippen LogP contribution >= 0.6 is 0 Å². The van der Waals surface area contributed by atoms with Crippen LogP contribution in [0.15, 0.2) is 0 Å². The predicted octanol–water partition coefficient (Wildman–Crippen LogP) is -0.791. The van der Waals surface area contributed by atoms with E-state index in [0.29, 0.717) is 12.1 Å². The summed E-state index contributed by atoms with van der Waals surface area (Å²) in [5.74, 6) is 0. The third kappa shape index (κ3) is 3.06. The van der Waals surface area contributed by atoms with Crippen LogP contribution < -0.4 is 10.6 Å². The van der Waals surface area contributed by atoms with E-state index in [4.69, 9.17) is 9.47 Å². The van der Waals surface area contributed by atoms with Crippen molar-refractivity contribution in [3.05, 3.63) is 0 Å². The average molecular weight is 174 g/mol. The summed E-state index contributed by atoms with van der Waals surface area (Å²) < 4.78 is 10.1. The predicted molar refractivity (Wildman–Crippen MR) is 47.3 cm³/mol. The molecule has 0 aromatic rings. The molecule has 0 aliphatic carbocycles. The van der Waals surface area contributed by atoms with Crippen LogP contribution in [0.4, 0.5) is 0 Å². The van der Waals surface area contributed by atoms with Gasteiger partial charge in [-0.2, -0.15) is 0 Å². The molecule has 0 radical (unpaired) electrons. The maximum Gasteiger partial charge on any atom is 0.0628 e. The lowest BCUT2D eigenvalue weighted by Gasteiger charge is -2.30. The van der Waals surface area contributed by atoms with Gasteiger partial charge in [0.1, 0.15) is 0 Å². The highest BCUT2D eigenvalue weighted by atomic mass is 16.5. The molecule has 4 heteroatoms. The van der Waals surface area contributed by atoms with Crippen LogP contribution in [0.3, 0.4) is 0 Å². The summed E-state index contributed by atoms with van der Waals surface area (Å²) in [5, 5.41) is 6.77. The summed E-state index contributed by atoms with van der Waals surface area (Å²) in [4.78, 5) is 0. The van der Waals surface area contributed by atoms with Crippen molar-refractivity contribution >= 4 is 0 Å². The van der Waals surface area contributed by atoms with E-state index in [2.05, 4.69) is 10.6 Å². The maximum absolute atomic E-state index is 5.06. The van der Waals surface area contributed by atoms with Crippen molar-refractivity contribution in [3.63, 3.8) is 0 Å². The fraction of sp³-hybridized carbons (Fsp3) is 1.00. The Bertz CT molecular complexity index is 106. The number of ether oxygens (including phenoxy) is 2. The molecule has 12 heavy (non-hydrogen) atoms. The third-order valence-corrected chi connectivity index (χ3v) is 1.99. The van der Waals surface area contributed by atoms with Crippen molar-refractivity contribution in [3.8, 4) is 0 Å². The molecule has 0 unspecified atom stereocenters. The largest absolute Gasteiger partial charge is 0.383 e. The normalized spacial score (nSPS) is 30.5. The summed E-state index contributed by atoms with van der Waals surface area (Å²) in [7, 11) is 3.45. The van der Waals surface area contributed by atoms with Gasteiger partial charge < -0.3 is 20.1 Å². The summed E-state index contributed by atoms with van der Waals surface area (Å²) in [6, 6.07) is 0.841. The van der Waals surface area contributed by atoms with Crippen molar-refractivity contribution in [1.29, 1.82) is 0 Å². The van der Waals surface area contributed by atoms with E-state index in [1.165, 1.54) is 0 Å². The van der Waals surface area contributed by atoms with Crippen LogP contribution in [0.25, 0.3) is 0 Å². The van der Waals surface area contributed by atoms with Gasteiger partial charge in [0.25, 0.3) is 0 Å². The number of piperazine rings is 1. The second kappa shape index (κ2) is 5.48. The van der Waals surface area contributed by atoms with Gasteiger partial charge in [0.2, 0.25) is 0 Å². The Balaban J connectivity index is 2.20. The second-order valence-corrected chi connectivity index (χ2v) is 3.13. The molecule has 1 heterocycles. The highest BCUT2D eigenvalue weighted by molar-refractivity contribution is 4.82. The zero-order valence-electron chi connectivity index (χ0n) is 7.80. The molecule has 0 aromatic heterocycles. The lowest BCUT2D eigenvalue weighted by molar-refractivity contribution is 0.114. The minimum absolute atomic E-state index is 0.420. The molecule has 1 aliphatic heterocycles. The van der Waals surface area contributed by atoms with Crippen LogP contribution in [0.1, 0.15) is 0 Å². The third-order valence-electron chi connectivity index (χ3n) is 1.99. The molecule has 2 N–H and O–H groups in total. The number of rotatable bonds is 4. The molecule has 0 amide bonds. The quantitative estimate of drug-likeness (QED) is 0.586. The molecule has 0 saturated carbocycles. The van der Waals surface area contributed by atoms with Crippen molar-refractivity contribution in [2.75, 3.05) is 40.5 Å². The average Bonchev–Trinajstić information content (AvgIpc) is 2.06. The molecule has 1 rings (SSSR count).